The summed E-state index contributed by atoms with van der Waals surface area (Å²) >= 11 is 0. The fourth-order valence-corrected chi connectivity index (χ4v) is 1.17. The van der Waals surface area contributed by atoms with Gasteiger partial charge in [-0.2, -0.15) is 0 Å². The smallest absolute Gasteiger partial charge is 0.480 e. The number of rotatable bonds is 6. The number of nitrogens with two attached hydrogens (primary N) is 1. The number of aliphatic carboxylic acids is 1. The molecule has 0 bridgehead atoms. The maximum absolute atomic E-state index is 11.1. The topological polar surface area (TPSA) is 98.9 Å². The van der Waals surface area contributed by atoms with Crippen LogP contribution in [0.5, 0.6) is 0 Å². The Balaban J connectivity index is 2.16. The van der Waals surface area contributed by atoms with Crippen molar-refractivity contribution in [1.82, 2.24) is 0 Å². The van der Waals surface area contributed by atoms with Crippen LogP contribution in [0.1, 0.15) is 5.56 Å². The zero-order valence-electron chi connectivity index (χ0n) is 9.74. The molecular weight excluding hydrogens is 238 g/mol. The van der Waals surface area contributed by atoms with Gasteiger partial charge in [-0.25, -0.2) is 4.79 Å². The van der Waals surface area contributed by atoms with Crippen molar-refractivity contribution in [3.63, 3.8) is 0 Å². The molecule has 0 radical (unpaired) electrons. The molecule has 6 nitrogen and oxygen atoms in total. The van der Waals surface area contributed by atoms with Gasteiger partial charge < -0.3 is 20.3 Å². The van der Waals surface area contributed by atoms with Gasteiger partial charge in [0.25, 0.3) is 0 Å². The summed E-state index contributed by atoms with van der Waals surface area (Å²) in [7, 11) is 0. The van der Waals surface area contributed by atoms with Crippen LogP contribution in [0, 0.1) is 0 Å². The second-order valence-electron chi connectivity index (χ2n) is 3.59. The minimum absolute atomic E-state index is 0.172. The summed E-state index contributed by atoms with van der Waals surface area (Å²) in [4.78, 5) is 21.4. The molecular formula is C12H15NO5. The Hall–Kier alpha value is -2.08. The summed E-state index contributed by atoms with van der Waals surface area (Å²) < 4.78 is 9.30. The molecule has 18 heavy (non-hydrogen) atoms. The van der Waals surface area contributed by atoms with Crippen LogP contribution in [-0.4, -0.2) is 36.5 Å². The van der Waals surface area contributed by atoms with Crippen LogP contribution in [0.15, 0.2) is 30.3 Å². The van der Waals surface area contributed by atoms with E-state index in [4.69, 9.17) is 15.6 Å². The average Bonchev–Trinajstić information content (AvgIpc) is 2.37. The van der Waals surface area contributed by atoms with Crippen LogP contribution < -0.4 is 5.73 Å². The molecule has 0 aliphatic heterocycles. The lowest BCUT2D eigenvalue weighted by molar-refractivity contribution is -0.139. The maximum atomic E-state index is 11.1. The maximum Gasteiger partial charge on any atom is 0.508 e. The first-order valence-electron chi connectivity index (χ1n) is 5.41. The van der Waals surface area contributed by atoms with Crippen molar-refractivity contribution < 1.29 is 24.2 Å². The van der Waals surface area contributed by atoms with E-state index in [0.717, 1.165) is 5.56 Å². The molecule has 1 atom stereocenters. The summed E-state index contributed by atoms with van der Waals surface area (Å²) in [5.41, 5.74) is 6.19. The van der Waals surface area contributed by atoms with Gasteiger partial charge >= 0.3 is 12.1 Å². The van der Waals surface area contributed by atoms with E-state index in [1.54, 1.807) is 0 Å². The SMILES string of the molecule is N[C@@H](COC(=O)OCCc1ccccc1)C(=O)O. The summed E-state index contributed by atoms with van der Waals surface area (Å²) in [5.74, 6) is -1.23. The van der Waals surface area contributed by atoms with Gasteiger partial charge in [-0.1, -0.05) is 30.3 Å². The number of ether oxygens (including phenoxy) is 2. The predicted molar refractivity (Wildman–Crippen MR) is 63.1 cm³/mol. The second-order valence-corrected chi connectivity index (χ2v) is 3.59. The summed E-state index contributed by atoms with van der Waals surface area (Å²) in [6.45, 7) is -0.231. The quantitative estimate of drug-likeness (QED) is 0.727. The molecule has 1 aromatic rings. The Morgan fingerprint density at radius 2 is 1.89 bits per heavy atom. The van der Waals surface area contributed by atoms with E-state index in [1.165, 1.54) is 0 Å². The standard InChI is InChI=1S/C12H15NO5/c13-10(11(14)15)8-18-12(16)17-7-6-9-4-2-1-3-5-9/h1-5,10H,6-8,13H2,(H,14,15)/t10-/m0/s1. The Kier molecular flexibility index (Phi) is 5.66. The minimum Gasteiger partial charge on any atom is -0.480 e. The molecule has 0 heterocycles. The first kappa shape index (κ1) is 14.0. The van der Waals surface area contributed by atoms with E-state index in [9.17, 15) is 9.59 Å². The molecule has 98 valence electrons. The molecule has 0 amide bonds. The van der Waals surface area contributed by atoms with Gasteiger partial charge in [0.2, 0.25) is 0 Å². The highest BCUT2D eigenvalue weighted by Gasteiger charge is 2.14. The molecule has 0 aliphatic rings. The fraction of sp³-hybridized carbons (Fsp3) is 0.333. The summed E-state index contributed by atoms with van der Waals surface area (Å²) in [6, 6.07) is 8.27. The number of hydrogen-bond donors (Lipinski definition) is 2. The Labute approximate surface area is 104 Å². The van der Waals surface area contributed by atoms with Crippen molar-refractivity contribution in [2.75, 3.05) is 13.2 Å². The number of hydrogen-bond acceptors (Lipinski definition) is 5. The third-order valence-corrected chi connectivity index (χ3v) is 2.15. The molecule has 0 aromatic heterocycles. The highest BCUT2D eigenvalue weighted by Crippen LogP contribution is 2.00. The first-order chi connectivity index (χ1) is 8.59. The Morgan fingerprint density at radius 1 is 1.22 bits per heavy atom. The van der Waals surface area contributed by atoms with Gasteiger partial charge in [0.15, 0.2) is 0 Å². The lowest BCUT2D eigenvalue weighted by Gasteiger charge is -2.08. The molecule has 1 aromatic carbocycles. The summed E-state index contributed by atoms with van der Waals surface area (Å²) in [5, 5.41) is 8.46. The second kappa shape index (κ2) is 7.29. The van der Waals surface area contributed by atoms with Crippen molar-refractivity contribution >= 4 is 12.1 Å². The Morgan fingerprint density at radius 3 is 2.50 bits per heavy atom. The van der Waals surface area contributed by atoms with Gasteiger partial charge in [-0.3, -0.25) is 4.79 Å². The number of carboxylic acid groups (broad SMARTS) is 1. The average molecular weight is 253 g/mol. The van der Waals surface area contributed by atoms with Gasteiger partial charge in [0.05, 0.1) is 6.61 Å². The van der Waals surface area contributed by atoms with Crippen LogP contribution in [-0.2, 0) is 20.7 Å². The zero-order chi connectivity index (χ0) is 13.4. The van der Waals surface area contributed by atoms with E-state index >= 15 is 0 Å². The molecule has 1 rings (SSSR count). The zero-order valence-corrected chi connectivity index (χ0v) is 9.74. The molecule has 0 aliphatic carbocycles. The van der Waals surface area contributed by atoms with Crippen molar-refractivity contribution in [3.05, 3.63) is 35.9 Å². The minimum atomic E-state index is -1.23. The highest BCUT2D eigenvalue weighted by molar-refractivity contribution is 5.73. The van der Waals surface area contributed by atoms with E-state index in [1.807, 2.05) is 30.3 Å². The first-order valence-corrected chi connectivity index (χ1v) is 5.41. The largest absolute Gasteiger partial charge is 0.508 e. The highest BCUT2D eigenvalue weighted by atomic mass is 16.7. The van der Waals surface area contributed by atoms with Crippen LogP contribution >= 0.6 is 0 Å². The van der Waals surface area contributed by atoms with Crippen molar-refractivity contribution in [1.29, 1.82) is 0 Å². The molecule has 0 unspecified atom stereocenters. The van der Waals surface area contributed by atoms with Crippen LogP contribution in [0.25, 0.3) is 0 Å². The van der Waals surface area contributed by atoms with E-state index in [-0.39, 0.29) is 6.61 Å². The molecule has 0 saturated heterocycles. The van der Waals surface area contributed by atoms with Crippen LogP contribution in [0.3, 0.4) is 0 Å². The van der Waals surface area contributed by atoms with E-state index in [2.05, 4.69) is 4.74 Å². The molecule has 3 N–H and O–H groups in total. The van der Waals surface area contributed by atoms with Gasteiger partial charge in [-0.15, -0.1) is 0 Å². The monoisotopic (exact) mass is 253 g/mol. The van der Waals surface area contributed by atoms with Crippen molar-refractivity contribution in [2.45, 2.75) is 12.5 Å². The van der Waals surface area contributed by atoms with Gasteiger partial charge in [0.1, 0.15) is 12.6 Å². The summed E-state index contributed by atoms with van der Waals surface area (Å²) in [6.07, 6.45) is -0.344. The third-order valence-electron chi connectivity index (χ3n) is 2.15. The van der Waals surface area contributed by atoms with Crippen molar-refractivity contribution in [3.8, 4) is 0 Å². The Bertz CT molecular complexity index is 393. The van der Waals surface area contributed by atoms with E-state index < -0.39 is 24.8 Å². The van der Waals surface area contributed by atoms with E-state index in [0.29, 0.717) is 6.42 Å². The third kappa shape index (κ3) is 5.31. The normalized spacial score (nSPS) is 11.6. The predicted octanol–water partition coefficient (Wildman–Crippen LogP) is 0.794. The van der Waals surface area contributed by atoms with Crippen molar-refractivity contribution in [2.24, 2.45) is 5.73 Å². The molecule has 0 saturated carbocycles. The molecule has 0 fully saturated rings. The van der Waals surface area contributed by atoms with Gasteiger partial charge in [0, 0.05) is 6.42 Å². The van der Waals surface area contributed by atoms with Gasteiger partial charge in [-0.05, 0) is 5.56 Å². The number of carboxylic acids is 1. The number of carbonyl (C=O) groups is 2. The lowest BCUT2D eigenvalue weighted by Crippen LogP contribution is -2.35. The lowest BCUT2D eigenvalue weighted by atomic mass is 10.2. The number of benzene rings is 1. The van der Waals surface area contributed by atoms with Crippen LogP contribution in [0.2, 0.25) is 0 Å². The van der Waals surface area contributed by atoms with Crippen LogP contribution in [0.4, 0.5) is 4.79 Å². The molecule has 6 heteroatoms. The number of carbonyl (C=O) groups excluding carboxylic acids is 1. The molecule has 0 spiro atoms. The fourth-order valence-electron chi connectivity index (χ4n) is 1.17.